The van der Waals surface area contributed by atoms with Crippen molar-refractivity contribution in [1.29, 1.82) is 0 Å². The molecule has 0 aliphatic rings. The van der Waals surface area contributed by atoms with Crippen LogP contribution in [-0.4, -0.2) is 32.1 Å². The lowest BCUT2D eigenvalue weighted by atomic mass is 10.2. The lowest BCUT2D eigenvalue weighted by Gasteiger charge is -2.09. The van der Waals surface area contributed by atoms with Crippen molar-refractivity contribution in [3.05, 3.63) is 54.2 Å². The van der Waals surface area contributed by atoms with Crippen LogP contribution in [0.15, 0.2) is 53.6 Å². The number of hydrogen-bond donors (Lipinski definition) is 2. The predicted molar refractivity (Wildman–Crippen MR) is 88.7 cm³/mol. The molecule has 1 aromatic carbocycles. The van der Waals surface area contributed by atoms with Gasteiger partial charge in [-0.1, -0.05) is 30.3 Å². The van der Waals surface area contributed by atoms with Crippen LogP contribution in [0.2, 0.25) is 0 Å². The molecule has 0 fully saturated rings. The van der Waals surface area contributed by atoms with Crippen LogP contribution in [0.3, 0.4) is 0 Å². The Kier molecular flexibility index (Phi) is 5.70. The van der Waals surface area contributed by atoms with E-state index in [2.05, 4.69) is 15.6 Å². The van der Waals surface area contributed by atoms with E-state index in [0.717, 1.165) is 11.8 Å². The zero-order valence-corrected chi connectivity index (χ0v) is 13.6. The maximum Gasteiger partial charge on any atom is 0.222 e. The van der Waals surface area contributed by atoms with E-state index in [1.165, 1.54) is 12.3 Å². The molecule has 6 nitrogen and oxygen atoms in total. The largest absolute Gasteiger partial charge is 0.368 e. The highest BCUT2D eigenvalue weighted by Gasteiger charge is 2.13. The number of nitrogens with one attached hydrogen (secondary N) is 2. The second-order valence-corrected chi connectivity index (χ2v) is 7.05. The van der Waals surface area contributed by atoms with Crippen LogP contribution in [0.5, 0.6) is 0 Å². The first kappa shape index (κ1) is 17.0. The summed E-state index contributed by atoms with van der Waals surface area (Å²) in [4.78, 5) is 15.9. The van der Waals surface area contributed by atoms with Crippen molar-refractivity contribution in [2.24, 2.45) is 0 Å². The summed E-state index contributed by atoms with van der Waals surface area (Å²) in [5.41, 5.74) is 1.03. The summed E-state index contributed by atoms with van der Waals surface area (Å²) < 4.78 is 23.3. The molecule has 0 radical (unpaired) electrons. The van der Waals surface area contributed by atoms with E-state index >= 15 is 0 Å². The van der Waals surface area contributed by atoms with Gasteiger partial charge < -0.3 is 10.6 Å². The summed E-state index contributed by atoms with van der Waals surface area (Å²) in [7, 11) is -3.36. The summed E-state index contributed by atoms with van der Waals surface area (Å²) in [6, 6.07) is 12.7. The van der Waals surface area contributed by atoms with Crippen molar-refractivity contribution < 1.29 is 13.2 Å². The van der Waals surface area contributed by atoms with Crippen molar-refractivity contribution in [2.45, 2.75) is 17.9 Å². The smallest absolute Gasteiger partial charge is 0.222 e. The minimum atomic E-state index is -3.36. The number of rotatable bonds is 7. The minimum Gasteiger partial charge on any atom is -0.368 e. The Morgan fingerprint density at radius 1 is 1.13 bits per heavy atom. The van der Waals surface area contributed by atoms with Crippen molar-refractivity contribution >= 4 is 21.6 Å². The zero-order chi connectivity index (χ0) is 16.7. The maximum absolute atomic E-state index is 11.8. The molecule has 1 aromatic heterocycles. The number of sulfone groups is 1. The lowest BCUT2D eigenvalue weighted by Crippen LogP contribution is -2.25. The van der Waals surface area contributed by atoms with Gasteiger partial charge >= 0.3 is 0 Å². The van der Waals surface area contributed by atoms with E-state index in [1.807, 2.05) is 30.3 Å². The number of nitrogens with zero attached hydrogens (tertiary/aromatic N) is 1. The average molecular weight is 333 g/mol. The molecule has 2 N–H and O–H groups in total. The first-order valence-electron chi connectivity index (χ1n) is 7.16. The highest BCUT2D eigenvalue weighted by atomic mass is 32.2. The van der Waals surface area contributed by atoms with E-state index < -0.39 is 9.84 Å². The van der Waals surface area contributed by atoms with E-state index in [0.29, 0.717) is 13.1 Å². The van der Waals surface area contributed by atoms with Gasteiger partial charge in [-0.2, -0.15) is 0 Å². The number of hydrogen-bond acceptors (Lipinski definition) is 5. The number of pyridine rings is 1. The fourth-order valence-electron chi connectivity index (χ4n) is 2.00. The molecule has 2 aromatic rings. The standard InChI is InChI=1S/C16H19N3O3S/c1-23(21,22)14-8-5-10-17-16(14)18-11-9-15(20)19-12-13-6-3-2-4-7-13/h2-8,10H,9,11-12H2,1H3,(H,17,18)(H,19,20). The van der Waals surface area contributed by atoms with Crippen LogP contribution in [0.1, 0.15) is 12.0 Å². The molecule has 1 amide bonds. The van der Waals surface area contributed by atoms with E-state index in [9.17, 15) is 13.2 Å². The summed E-state index contributed by atoms with van der Waals surface area (Å²) >= 11 is 0. The molecule has 0 saturated heterocycles. The van der Waals surface area contributed by atoms with E-state index in [4.69, 9.17) is 0 Å². The highest BCUT2D eigenvalue weighted by Crippen LogP contribution is 2.17. The van der Waals surface area contributed by atoms with Gasteiger partial charge in [-0.3, -0.25) is 4.79 Å². The maximum atomic E-state index is 11.8. The first-order valence-corrected chi connectivity index (χ1v) is 9.05. The Hall–Kier alpha value is -2.41. The fraction of sp³-hybridized carbons (Fsp3) is 0.250. The van der Waals surface area contributed by atoms with Gasteiger partial charge in [0, 0.05) is 32.0 Å². The van der Waals surface area contributed by atoms with E-state index in [1.54, 1.807) is 6.07 Å². The Bertz CT molecular complexity index is 761. The molecule has 0 unspecified atom stereocenters. The first-order chi connectivity index (χ1) is 11.0. The number of benzene rings is 1. The van der Waals surface area contributed by atoms with Gasteiger partial charge in [0.25, 0.3) is 0 Å². The average Bonchev–Trinajstić information content (AvgIpc) is 2.53. The quantitative estimate of drug-likeness (QED) is 0.803. The molecule has 0 aliphatic carbocycles. The SMILES string of the molecule is CS(=O)(=O)c1cccnc1NCCC(=O)NCc1ccccc1. The number of aromatic nitrogens is 1. The van der Waals surface area contributed by atoms with Gasteiger partial charge in [-0.15, -0.1) is 0 Å². The highest BCUT2D eigenvalue weighted by molar-refractivity contribution is 7.90. The van der Waals surface area contributed by atoms with Gasteiger partial charge in [-0.05, 0) is 17.7 Å². The van der Waals surface area contributed by atoms with Crippen LogP contribution < -0.4 is 10.6 Å². The topological polar surface area (TPSA) is 88.2 Å². The Morgan fingerprint density at radius 2 is 1.87 bits per heavy atom. The molecule has 122 valence electrons. The molecule has 0 aliphatic heterocycles. The van der Waals surface area contributed by atoms with Crippen LogP contribution in [0.25, 0.3) is 0 Å². The van der Waals surface area contributed by atoms with Crippen LogP contribution in [-0.2, 0) is 21.2 Å². The van der Waals surface area contributed by atoms with Crippen LogP contribution >= 0.6 is 0 Å². The summed E-state index contributed by atoms with van der Waals surface area (Å²) in [6.07, 6.45) is 2.86. The number of carbonyl (C=O) groups excluding carboxylic acids is 1. The lowest BCUT2D eigenvalue weighted by molar-refractivity contribution is -0.121. The molecule has 0 atom stereocenters. The van der Waals surface area contributed by atoms with Gasteiger partial charge in [0.05, 0.1) is 0 Å². The molecule has 0 bridgehead atoms. The summed E-state index contributed by atoms with van der Waals surface area (Å²) in [5.74, 6) is 0.157. The third-order valence-corrected chi connectivity index (χ3v) is 4.28. The van der Waals surface area contributed by atoms with Crippen molar-refractivity contribution in [3.63, 3.8) is 0 Å². The summed E-state index contributed by atoms with van der Waals surface area (Å²) in [5, 5.41) is 5.71. The zero-order valence-electron chi connectivity index (χ0n) is 12.8. The third-order valence-electron chi connectivity index (χ3n) is 3.15. The molecule has 7 heteroatoms. The van der Waals surface area contributed by atoms with Crippen LogP contribution in [0.4, 0.5) is 5.82 Å². The second-order valence-electron chi connectivity index (χ2n) is 5.06. The number of anilines is 1. The summed E-state index contributed by atoms with van der Waals surface area (Å²) in [6.45, 7) is 0.776. The molecule has 1 heterocycles. The Morgan fingerprint density at radius 3 is 2.57 bits per heavy atom. The molecular weight excluding hydrogens is 314 g/mol. The molecular formula is C16H19N3O3S. The molecule has 0 spiro atoms. The minimum absolute atomic E-state index is 0.113. The van der Waals surface area contributed by atoms with Crippen molar-refractivity contribution in [2.75, 3.05) is 18.1 Å². The molecule has 0 saturated carbocycles. The van der Waals surface area contributed by atoms with Gasteiger partial charge in [0.1, 0.15) is 10.7 Å². The van der Waals surface area contributed by atoms with E-state index in [-0.39, 0.29) is 23.0 Å². The predicted octanol–water partition coefficient (Wildman–Crippen LogP) is 1.60. The normalized spacial score (nSPS) is 11.0. The van der Waals surface area contributed by atoms with Crippen molar-refractivity contribution in [3.8, 4) is 0 Å². The molecule has 2 rings (SSSR count). The van der Waals surface area contributed by atoms with Gasteiger partial charge in [-0.25, -0.2) is 13.4 Å². The fourth-order valence-corrected chi connectivity index (χ4v) is 2.80. The Labute approximate surface area is 135 Å². The van der Waals surface area contributed by atoms with Crippen LogP contribution in [0, 0.1) is 0 Å². The second kappa shape index (κ2) is 7.73. The van der Waals surface area contributed by atoms with Gasteiger partial charge in [0.2, 0.25) is 5.91 Å². The monoisotopic (exact) mass is 333 g/mol. The molecule has 23 heavy (non-hydrogen) atoms. The number of carbonyl (C=O) groups is 1. The number of amides is 1. The Balaban J connectivity index is 1.82. The van der Waals surface area contributed by atoms with Gasteiger partial charge in [0.15, 0.2) is 9.84 Å². The van der Waals surface area contributed by atoms with Crippen molar-refractivity contribution in [1.82, 2.24) is 10.3 Å². The third kappa shape index (κ3) is 5.37.